The molecular formula is C23H32FIN4O. The summed E-state index contributed by atoms with van der Waals surface area (Å²) in [5, 5.41) is 6.60. The van der Waals surface area contributed by atoms with Crippen molar-refractivity contribution in [2.24, 2.45) is 4.99 Å². The van der Waals surface area contributed by atoms with E-state index in [2.05, 4.69) is 39.8 Å². The third-order valence-corrected chi connectivity index (χ3v) is 4.95. The summed E-state index contributed by atoms with van der Waals surface area (Å²) in [6.45, 7) is 10.4. The molecule has 7 heteroatoms. The summed E-state index contributed by atoms with van der Waals surface area (Å²) in [6, 6.07) is 13.8. The number of ether oxygens (including phenoxy) is 1. The summed E-state index contributed by atoms with van der Waals surface area (Å²) in [4.78, 5) is 7.13. The summed E-state index contributed by atoms with van der Waals surface area (Å²) in [7, 11) is 0. The summed E-state index contributed by atoms with van der Waals surface area (Å²) in [6.07, 6.45) is 0. The van der Waals surface area contributed by atoms with Crippen molar-refractivity contribution in [1.29, 1.82) is 0 Å². The van der Waals surface area contributed by atoms with E-state index in [0.717, 1.165) is 50.9 Å². The molecule has 5 nitrogen and oxygen atoms in total. The molecule has 164 valence electrons. The van der Waals surface area contributed by atoms with Gasteiger partial charge in [-0.05, 0) is 42.2 Å². The van der Waals surface area contributed by atoms with Crippen molar-refractivity contribution in [1.82, 2.24) is 15.5 Å². The number of benzene rings is 2. The molecule has 0 amide bonds. The quantitative estimate of drug-likeness (QED) is 0.327. The van der Waals surface area contributed by atoms with E-state index < -0.39 is 0 Å². The van der Waals surface area contributed by atoms with E-state index in [-0.39, 0.29) is 29.8 Å². The average molecular weight is 526 g/mol. The van der Waals surface area contributed by atoms with E-state index in [1.54, 1.807) is 13.0 Å². The molecule has 2 aromatic carbocycles. The monoisotopic (exact) mass is 526 g/mol. The first kappa shape index (κ1) is 24.6. The molecule has 1 fully saturated rings. The van der Waals surface area contributed by atoms with Crippen molar-refractivity contribution < 1.29 is 9.13 Å². The first-order chi connectivity index (χ1) is 14.1. The zero-order valence-electron chi connectivity index (χ0n) is 17.8. The molecular weight excluding hydrogens is 494 g/mol. The number of aliphatic imine (C=N–C) groups is 1. The normalized spacial score (nSPS) is 14.8. The number of halogens is 2. The van der Waals surface area contributed by atoms with Crippen LogP contribution in [0.25, 0.3) is 0 Å². The zero-order valence-corrected chi connectivity index (χ0v) is 20.1. The number of aryl methyl sites for hydroxylation is 1. The van der Waals surface area contributed by atoms with Gasteiger partial charge in [0.15, 0.2) is 5.96 Å². The van der Waals surface area contributed by atoms with Crippen molar-refractivity contribution in [3.05, 3.63) is 70.5 Å². The van der Waals surface area contributed by atoms with E-state index in [0.29, 0.717) is 18.7 Å². The molecule has 0 bridgehead atoms. The summed E-state index contributed by atoms with van der Waals surface area (Å²) in [5.41, 5.74) is 4.18. The Morgan fingerprint density at radius 3 is 2.57 bits per heavy atom. The molecule has 0 radical (unpaired) electrons. The summed E-state index contributed by atoms with van der Waals surface area (Å²) >= 11 is 0. The van der Waals surface area contributed by atoms with Gasteiger partial charge < -0.3 is 15.4 Å². The summed E-state index contributed by atoms with van der Waals surface area (Å²) in [5.74, 6) is 0.583. The molecule has 1 aliphatic heterocycles. The highest BCUT2D eigenvalue weighted by Gasteiger charge is 2.10. The SMILES string of the molecule is CCNC(=NCc1cccc(CN2CCOCC2)c1)NCc1ccc(F)c(C)c1.I. The van der Waals surface area contributed by atoms with Crippen molar-refractivity contribution in [3.63, 3.8) is 0 Å². The van der Waals surface area contributed by atoms with E-state index >= 15 is 0 Å². The van der Waals surface area contributed by atoms with Gasteiger partial charge in [-0.3, -0.25) is 4.90 Å². The topological polar surface area (TPSA) is 48.9 Å². The van der Waals surface area contributed by atoms with Crippen molar-refractivity contribution >= 4 is 29.9 Å². The van der Waals surface area contributed by atoms with E-state index in [4.69, 9.17) is 9.73 Å². The van der Waals surface area contributed by atoms with Gasteiger partial charge in [-0.1, -0.05) is 36.4 Å². The van der Waals surface area contributed by atoms with Crippen molar-refractivity contribution in [2.75, 3.05) is 32.8 Å². The molecule has 0 unspecified atom stereocenters. The Bertz CT molecular complexity index is 825. The van der Waals surface area contributed by atoms with Gasteiger partial charge in [-0.25, -0.2) is 9.38 Å². The fourth-order valence-electron chi connectivity index (χ4n) is 3.36. The first-order valence-electron chi connectivity index (χ1n) is 10.3. The van der Waals surface area contributed by atoms with Crippen LogP contribution in [0.5, 0.6) is 0 Å². The number of nitrogens with zero attached hydrogens (tertiary/aromatic N) is 2. The molecule has 1 aliphatic rings. The number of hydrogen-bond donors (Lipinski definition) is 2. The van der Waals surface area contributed by atoms with E-state index in [1.165, 1.54) is 17.2 Å². The largest absolute Gasteiger partial charge is 0.379 e. The zero-order chi connectivity index (χ0) is 20.5. The van der Waals surface area contributed by atoms with Crippen LogP contribution in [-0.2, 0) is 24.4 Å². The molecule has 0 atom stereocenters. The molecule has 0 saturated carbocycles. The van der Waals surface area contributed by atoms with Gasteiger partial charge in [0.25, 0.3) is 0 Å². The average Bonchev–Trinajstić information content (AvgIpc) is 2.73. The predicted octanol–water partition coefficient (Wildman–Crippen LogP) is 3.84. The summed E-state index contributed by atoms with van der Waals surface area (Å²) < 4.78 is 18.9. The van der Waals surface area contributed by atoms with Crippen LogP contribution >= 0.6 is 24.0 Å². The number of hydrogen-bond acceptors (Lipinski definition) is 3. The Kier molecular flexibility index (Phi) is 10.5. The minimum absolute atomic E-state index is 0. The second-order valence-corrected chi connectivity index (χ2v) is 7.34. The standard InChI is InChI=1S/C23H31FN4O.HI/c1-3-25-23(27-16-20-7-8-22(24)18(2)13-20)26-15-19-5-4-6-21(14-19)17-28-9-11-29-12-10-28;/h4-8,13-14H,3,9-12,15-17H2,1-2H3,(H2,25,26,27);1H. The van der Waals surface area contributed by atoms with Gasteiger partial charge >= 0.3 is 0 Å². The van der Waals surface area contributed by atoms with Gasteiger partial charge in [-0.2, -0.15) is 0 Å². The van der Waals surface area contributed by atoms with Gasteiger partial charge in [-0.15, -0.1) is 24.0 Å². The molecule has 30 heavy (non-hydrogen) atoms. The lowest BCUT2D eigenvalue weighted by atomic mass is 10.1. The lowest BCUT2D eigenvalue weighted by Gasteiger charge is -2.26. The Morgan fingerprint density at radius 2 is 1.83 bits per heavy atom. The van der Waals surface area contributed by atoms with Gasteiger partial charge in [0, 0.05) is 32.7 Å². The maximum atomic E-state index is 13.4. The van der Waals surface area contributed by atoms with Gasteiger partial charge in [0.1, 0.15) is 5.82 Å². The molecule has 3 rings (SSSR count). The van der Waals surface area contributed by atoms with Crippen molar-refractivity contribution in [3.8, 4) is 0 Å². The highest BCUT2D eigenvalue weighted by Crippen LogP contribution is 2.11. The fourth-order valence-corrected chi connectivity index (χ4v) is 3.36. The van der Waals surface area contributed by atoms with Crippen LogP contribution < -0.4 is 10.6 Å². The van der Waals surface area contributed by atoms with Crippen LogP contribution in [0.4, 0.5) is 4.39 Å². The minimum atomic E-state index is -0.175. The van der Waals surface area contributed by atoms with Crippen LogP contribution in [0.15, 0.2) is 47.5 Å². The number of morpholine rings is 1. The maximum Gasteiger partial charge on any atom is 0.191 e. The number of rotatable bonds is 7. The molecule has 0 aromatic heterocycles. The fraction of sp³-hybridized carbons (Fsp3) is 0.435. The Labute approximate surface area is 196 Å². The minimum Gasteiger partial charge on any atom is -0.379 e. The van der Waals surface area contributed by atoms with Crippen LogP contribution in [0, 0.1) is 12.7 Å². The lowest BCUT2D eigenvalue weighted by molar-refractivity contribution is 0.0342. The van der Waals surface area contributed by atoms with E-state index in [1.807, 2.05) is 13.0 Å². The van der Waals surface area contributed by atoms with Crippen LogP contribution in [0.3, 0.4) is 0 Å². The highest BCUT2D eigenvalue weighted by molar-refractivity contribution is 14.0. The molecule has 2 N–H and O–H groups in total. The van der Waals surface area contributed by atoms with Crippen LogP contribution in [0.2, 0.25) is 0 Å². The lowest BCUT2D eigenvalue weighted by Crippen LogP contribution is -2.36. The third kappa shape index (κ3) is 7.85. The molecule has 0 aliphatic carbocycles. The number of nitrogens with one attached hydrogen (secondary N) is 2. The highest BCUT2D eigenvalue weighted by atomic mass is 127. The molecule has 1 saturated heterocycles. The van der Waals surface area contributed by atoms with E-state index in [9.17, 15) is 4.39 Å². The predicted molar refractivity (Wildman–Crippen MR) is 131 cm³/mol. The Morgan fingerprint density at radius 1 is 1.07 bits per heavy atom. The van der Waals surface area contributed by atoms with Crippen molar-refractivity contribution in [2.45, 2.75) is 33.5 Å². The van der Waals surface area contributed by atoms with Gasteiger partial charge in [0.2, 0.25) is 0 Å². The van der Waals surface area contributed by atoms with Gasteiger partial charge in [0.05, 0.1) is 19.8 Å². The second-order valence-electron chi connectivity index (χ2n) is 7.34. The molecule has 1 heterocycles. The smallest absolute Gasteiger partial charge is 0.191 e. The maximum absolute atomic E-state index is 13.4. The molecule has 2 aromatic rings. The Hall–Kier alpha value is -1.71. The first-order valence-corrected chi connectivity index (χ1v) is 10.3. The number of guanidine groups is 1. The Balaban J connectivity index is 0.00000320. The van der Waals surface area contributed by atoms with Crippen LogP contribution in [0.1, 0.15) is 29.2 Å². The molecule has 0 spiro atoms. The van der Waals surface area contributed by atoms with Crippen LogP contribution in [-0.4, -0.2) is 43.7 Å². The third-order valence-electron chi connectivity index (χ3n) is 4.95. The second kappa shape index (κ2) is 12.9.